The molecule has 2 rings (SSSR count). The molecule has 0 aliphatic heterocycles. The molecule has 0 bridgehead atoms. The Bertz CT molecular complexity index is 639. The molecule has 5 heteroatoms. The summed E-state index contributed by atoms with van der Waals surface area (Å²) in [5, 5.41) is 0. The Labute approximate surface area is 123 Å². The average molecular weight is 341 g/mol. The highest BCUT2D eigenvalue weighted by Gasteiger charge is 2.16. The Balaban J connectivity index is 2.24. The lowest BCUT2D eigenvalue weighted by Crippen LogP contribution is -2.07. The summed E-state index contributed by atoms with van der Waals surface area (Å²) < 4.78 is 32.8. The molecule has 0 atom stereocenters. The molecular formula is C15H11BrF2O2. The number of halogens is 3. The van der Waals surface area contributed by atoms with Crippen LogP contribution in [0.3, 0.4) is 0 Å². The molecule has 104 valence electrons. The summed E-state index contributed by atoms with van der Waals surface area (Å²) in [6, 6.07) is 9.36. The van der Waals surface area contributed by atoms with E-state index in [2.05, 4.69) is 20.7 Å². The van der Waals surface area contributed by atoms with Crippen LogP contribution in [0.25, 0.3) is 0 Å². The fraction of sp³-hybridized carbons (Fsp3) is 0.133. The molecule has 0 saturated heterocycles. The zero-order chi connectivity index (χ0) is 14.7. The summed E-state index contributed by atoms with van der Waals surface area (Å²) in [4.78, 5) is 12.0. The van der Waals surface area contributed by atoms with Crippen molar-refractivity contribution in [2.24, 2.45) is 0 Å². The second-order valence-corrected chi connectivity index (χ2v) is 5.08. The molecule has 2 nitrogen and oxygen atoms in total. The van der Waals surface area contributed by atoms with Gasteiger partial charge in [-0.2, -0.15) is 4.39 Å². The van der Waals surface area contributed by atoms with E-state index in [1.165, 1.54) is 19.2 Å². The molecule has 0 amide bonds. The van der Waals surface area contributed by atoms with Gasteiger partial charge in [0.2, 0.25) is 5.82 Å². The van der Waals surface area contributed by atoms with E-state index in [1.807, 2.05) is 0 Å². The maximum atomic E-state index is 13.8. The largest absolute Gasteiger partial charge is 0.494 e. The fourth-order valence-corrected chi connectivity index (χ4v) is 2.04. The van der Waals surface area contributed by atoms with Crippen LogP contribution in [0.15, 0.2) is 40.9 Å². The van der Waals surface area contributed by atoms with Gasteiger partial charge in [0, 0.05) is 16.5 Å². The minimum absolute atomic E-state index is 0.0104. The lowest BCUT2D eigenvalue weighted by Gasteiger charge is -2.07. The number of hydrogen-bond donors (Lipinski definition) is 0. The smallest absolute Gasteiger partial charge is 0.200 e. The van der Waals surface area contributed by atoms with E-state index in [1.54, 1.807) is 24.3 Å². The van der Waals surface area contributed by atoms with Gasteiger partial charge in [-0.3, -0.25) is 4.79 Å². The first-order valence-corrected chi connectivity index (χ1v) is 6.62. The number of carbonyl (C=O) groups is 1. The Kier molecular flexibility index (Phi) is 4.49. The van der Waals surface area contributed by atoms with E-state index in [4.69, 9.17) is 0 Å². The highest BCUT2D eigenvalue weighted by molar-refractivity contribution is 9.10. The van der Waals surface area contributed by atoms with Gasteiger partial charge < -0.3 is 4.74 Å². The molecule has 0 saturated carbocycles. The van der Waals surface area contributed by atoms with Crippen LogP contribution < -0.4 is 4.74 Å². The van der Waals surface area contributed by atoms with Gasteiger partial charge in [-0.05, 0) is 23.8 Å². The maximum Gasteiger partial charge on any atom is 0.200 e. The summed E-state index contributed by atoms with van der Waals surface area (Å²) in [5.41, 5.74) is 0.458. The third-order valence-electron chi connectivity index (χ3n) is 2.86. The summed E-state index contributed by atoms with van der Waals surface area (Å²) in [6.45, 7) is 0. The van der Waals surface area contributed by atoms with Gasteiger partial charge in [0.05, 0.1) is 7.11 Å². The molecule has 0 aromatic heterocycles. The van der Waals surface area contributed by atoms with E-state index in [0.29, 0.717) is 5.56 Å². The number of ketones is 1. The third kappa shape index (κ3) is 3.04. The van der Waals surface area contributed by atoms with E-state index >= 15 is 0 Å². The quantitative estimate of drug-likeness (QED) is 0.781. The number of hydrogen-bond acceptors (Lipinski definition) is 2. The van der Waals surface area contributed by atoms with Crippen molar-refractivity contribution in [1.29, 1.82) is 0 Å². The summed E-state index contributed by atoms with van der Waals surface area (Å²) >= 11 is 3.26. The van der Waals surface area contributed by atoms with Crippen molar-refractivity contribution in [3.63, 3.8) is 0 Å². The third-order valence-corrected chi connectivity index (χ3v) is 3.39. The molecule has 0 aliphatic carbocycles. The zero-order valence-corrected chi connectivity index (χ0v) is 12.2. The molecular weight excluding hydrogens is 330 g/mol. The van der Waals surface area contributed by atoms with Crippen LogP contribution in [0.1, 0.15) is 15.9 Å². The zero-order valence-electron chi connectivity index (χ0n) is 10.6. The van der Waals surface area contributed by atoms with Gasteiger partial charge in [0.25, 0.3) is 0 Å². The summed E-state index contributed by atoms with van der Waals surface area (Å²) in [7, 11) is 1.25. The van der Waals surface area contributed by atoms with Crippen LogP contribution in [0.2, 0.25) is 0 Å². The molecule has 2 aromatic carbocycles. The van der Waals surface area contributed by atoms with Gasteiger partial charge in [0.1, 0.15) is 0 Å². The standard InChI is InChI=1S/C15H11BrF2O2/c1-20-13-7-4-10(14(17)15(13)18)8-12(19)9-2-5-11(16)6-3-9/h2-7H,8H2,1H3. The van der Waals surface area contributed by atoms with Crippen LogP contribution in [-0.2, 0) is 6.42 Å². The predicted molar refractivity (Wildman–Crippen MR) is 75.1 cm³/mol. The normalized spacial score (nSPS) is 10.4. The minimum atomic E-state index is -1.08. The molecule has 0 aliphatic rings. The Morgan fingerprint density at radius 3 is 2.35 bits per heavy atom. The molecule has 0 fully saturated rings. The number of benzene rings is 2. The lowest BCUT2D eigenvalue weighted by atomic mass is 10.0. The summed E-state index contributed by atoms with van der Waals surface area (Å²) in [6.07, 6.45) is -0.200. The van der Waals surface area contributed by atoms with Crippen molar-refractivity contribution >= 4 is 21.7 Å². The van der Waals surface area contributed by atoms with Gasteiger partial charge in [-0.15, -0.1) is 0 Å². The van der Waals surface area contributed by atoms with Crippen molar-refractivity contribution in [2.45, 2.75) is 6.42 Å². The van der Waals surface area contributed by atoms with Crippen LogP contribution in [0.4, 0.5) is 8.78 Å². The van der Waals surface area contributed by atoms with Crippen molar-refractivity contribution in [3.05, 3.63) is 63.6 Å². The number of ether oxygens (including phenoxy) is 1. The fourth-order valence-electron chi connectivity index (χ4n) is 1.78. The van der Waals surface area contributed by atoms with Crippen molar-refractivity contribution in [3.8, 4) is 5.75 Å². The van der Waals surface area contributed by atoms with Crippen molar-refractivity contribution in [2.75, 3.05) is 7.11 Å². The first-order valence-electron chi connectivity index (χ1n) is 5.82. The molecule has 0 unspecified atom stereocenters. The average Bonchev–Trinajstić information content (AvgIpc) is 2.45. The minimum Gasteiger partial charge on any atom is -0.494 e. The molecule has 0 radical (unpaired) electrons. The molecule has 0 spiro atoms. The SMILES string of the molecule is COc1ccc(CC(=O)c2ccc(Br)cc2)c(F)c1F. The van der Waals surface area contributed by atoms with E-state index in [9.17, 15) is 13.6 Å². The molecule has 20 heavy (non-hydrogen) atoms. The number of methoxy groups -OCH3 is 1. The van der Waals surface area contributed by atoms with Crippen LogP contribution in [-0.4, -0.2) is 12.9 Å². The van der Waals surface area contributed by atoms with Gasteiger partial charge in [-0.25, -0.2) is 4.39 Å². The van der Waals surface area contributed by atoms with Gasteiger partial charge in [-0.1, -0.05) is 34.1 Å². The second-order valence-electron chi connectivity index (χ2n) is 4.16. The van der Waals surface area contributed by atoms with E-state index < -0.39 is 11.6 Å². The number of Topliss-reactive ketones (excluding diaryl/α,β-unsaturated/α-hetero) is 1. The number of rotatable bonds is 4. The van der Waals surface area contributed by atoms with Crippen molar-refractivity contribution < 1.29 is 18.3 Å². The number of carbonyl (C=O) groups excluding carboxylic acids is 1. The predicted octanol–water partition coefficient (Wildman–Crippen LogP) is 4.16. The molecule has 0 N–H and O–H groups in total. The second kappa shape index (κ2) is 6.13. The van der Waals surface area contributed by atoms with Crippen LogP contribution in [0.5, 0.6) is 5.75 Å². The first-order chi connectivity index (χ1) is 9.52. The van der Waals surface area contributed by atoms with Gasteiger partial charge in [0.15, 0.2) is 17.3 Å². The Morgan fingerprint density at radius 1 is 1.10 bits per heavy atom. The highest BCUT2D eigenvalue weighted by atomic mass is 79.9. The topological polar surface area (TPSA) is 26.3 Å². The highest BCUT2D eigenvalue weighted by Crippen LogP contribution is 2.23. The maximum absolute atomic E-state index is 13.8. The van der Waals surface area contributed by atoms with Crippen LogP contribution >= 0.6 is 15.9 Å². The summed E-state index contributed by atoms with van der Waals surface area (Å²) in [5.74, 6) is -2.58. The van der Waals surface area contributed by atoms with Crippen molar-refractivity contribution in [1.82, 2.24) is 0 Å². The molecule has 2 aromatic rings. The Morgan fingerprint density at radius 2 is 1.75 bits per heavy atom. The lowest BCUT2D eigenvalue weighted by molar-refractivity contribution is 0.0991. The van der Waals surface area contributed by atoms with E-state index in [0.717, 1.165) is 4.47 Å². The first kappa shape index (κ1) is 14.7. The molecule has 0 heterocycles. The van der Waals surface area contributed by atoms with Gasteiger partial charge >= 0.3 is 0 Å². The monoisotopic (exact) mass is 340 g/mol. The van der Waals surface area contributed by atoms with E-state index in [-0.39, 0.29) is 23.5 Å². The Hall–Kier alpha value is -1.75. The van der Waals surface area contributed by atoms with Crippen LogP contribution in [0, 0.1) is 11.6 Å².